The first-order chi connectivity index (χ1) is 10.6. The Bertz CT molecular complexity index is 583. The van der Waals surface area contributed by atoms with Crippen molar-refractivity contribution in [2.45, 2.75) is 54.9 Å². The molecule has 0 atom stereocenters. The fourth-order valence-corrected chi connectivity index (χ4v) is 6.96. The zero-order valence-corrected chi connectivity index (χ0v) is 14.3. The van der Waals surface area contributed by atoms with Gasteiger partial charge < -0.3 is 4.90 Å². The molecule has 1 aromatic carbocycles. The molecule has 0 amide bonds. The van der Waals surface area contributed by atoms with E-state index < -0.39 is 14.6 Å². The fourth-order valence-electron chi connectivity index (χ4n) is 4.15. The lowest BCUT2D eigenvalue weighted by atomic mass is 9.88. The van der Waals surface area contributed by atoms with Crippen LogP contribution in [0.5, 0.6) is 0 Å². The Kier molecular flexibility index (Phi) is 4.60. The van der Waals surface area contributed by atoms with Crippen molar-refractivity contribution < 1.29 is 8.42 Å². The normalized spacial score (nSPS) is 24.2. The quantitative estimate of drug-likeness (QED) is 0.857. The zero-order chi connectivity index (χ0) is 15.6. The number of piperidine rings is 1. The van der Waals surface area contributed by atoms with E-state index in [1.165, 1.54) is 6.42 Å². The molecule has 1 aliphatic heterocycles. The lowest BCUT2D eigenvalue weighted by molar-refractivity contribution is 0.231. The minimum absolute atomic E-state index is 0.134. The van der Waals surface area contributed by atoms with Crippen LogP contribution in [0.25, 0.3) is 0 Å². The lowest BCUT2D eigenvalue weighted by Gasteiger charge is -2.43. The molecule has 0 unspecified atom stereocenters. The highest BCUT2D eigenvalue weighted by Crippen LogP contribution is 2.44. The van der Waals surface area contributed by atoms with E-state index >= 15 is 0 Å². The van der Waals surface area contributed by atoms with Gasteiger partial charge in [-0.3, -0.25) is 0 Å². The maximum atomic E-state index is 13.6. The Hall–Kier alpha value is -0.870. The highest BCUT2D eigenvalue weighted by molar-refractivity contribution is 7.93. The summed E-state index contributed by atoms with van der Waals surface area (Å²) >= 11 is 0. The van der Waals surface area contributed by atoms with Gasteiger partial charge in [-0.05, 0) is 51.4 Å². The van der Waals surface area contributed by atoms with Gasteiger partial charge in [0, 0.05) is 0 Å². The van der Waals surface area contributed by atoms with Gasteiger partial charge in [-0.1, -0.05) is 49.6 Å². The number of rotatable bonds is 3. The third-order valence-corrected chi connectivity index (χ3v) is 8.71. The van der Waals surface area contributed by atoms with Gasteiger partial charge in [-0.25, -0.2) is 8.42 Å². The van der Waals surface area contributed by atoms with Gasteiger partial charge in [0.2, 0.25) is 0 Å². The first-order valence-electron chi connectivity index (χ1n) is 8.54. The molecule has 0 spiro atoms. The van der Waals surface area contributed by atoms with Gasteiger partial charge in [0.25, 0.3) is 0 Å². The summed E-state index contributed by atoms with van der Waals surface area (Å²) in [7, 11) is -1.06. The number of likely N-dealkylation sites (tertiary alicyclic amines) is 1. The van der Waals surface area contributed by atoms with Crippen LogP contribution in [-0.4, -0.2) is 38.7 Å². The molecule has 2 aliphatic rings. The number of benzene rings is 1. The van der Waals surface area contributed by atoms with Gasteiger partial charge in [0.05, 0.1) is 10.00 Å². The summed E-state index contributed by atoms with van der Waals surface area (Å²) in [5.74, 6) is 0. The van der Waals surface area contributed by atoms with E-state index in [1.807, 2.05) is 30.3 Å². The maximum Gasteiger partial charge on any atom is 0.163 e. The Morgan fingerprint density at radius 2 is 1.59 bits per heavy atom. The third kappa shape index (κ3) is 2.71. The zero-order valence-electron chi connectivity index (χ0n) is 13.5. The standard InChI is InChI=1S/C18H27NO2S/c1-19-14-12-18(13-15-19,16-8-4-2-5-9-16)22(20,21)17-10-6-3-7-11-17/h2,4-5,8-9,17H,3,6-7,10-15H2,1H3. The number of hydrogen-bond donors (Lipinski definition) is 0. The number of nitrogens with zero attached hydrogens (tertiary/aromatic N) is 1. The van der Waals surface area contributed by atoms with Crippen LogP contribution < -0.4 is 0 Å². The topological polar surface area (TPSA) is 37.4 Å². The molecule has 0 bridgehead atoms. The predicted octanol–water partition coefficient (Wildman–Crippen LogP) is 3.36. The van der Waals surface area contributed by atoms with Crippen LogP contribution in [0.4, 0.5) is 0 Å². The second kappa shape index (κ2) is 6.32. The molecule has 3 rings (SSSR count). The van der Waals surface area contributed by atoms with Crippen LogP contribution in [0.15, 0.2) is 30.3 Å². The second-order valence-electron chi connectivity index (χ2n) is 6.97. The summed E-state index contributed by atoms with van der Waals surface area (Å²) in [6.07, 6.45) is 6.48. The van der Waals surface area contributed by atoms with Crippen LogP contribution in [0.3, 0.4) is 0 Å². The molecular weight excluding hydrogens is 294 g/mol. The van der Waals surface area contributed by atoms with Crippen molar-refractivity contribution in [2.75, 3.05) is 20.1 Å². The number of hydrogen-bond acceptors (Lipinski definition) is 3. The minimum atomic E-state index is -3.15. The van der Waals surface area contributed by atoms with E-state index in [1.54, 1.807) is 0 Å². The highest BCUT2D eigenvalue weighted by Gasteiger charge is 2.50. The van der Waals surface area contributed by atoms with Crippen molar-refractivity contribution >= 4 is 9.84 Å². The van der Waals surface area contributed by atoms with E-state index in [9.17, 15) is 8.42 Å². The summed E-state index contributed by atoms with van der Waals surface area (Å²) < 4.78 is 26.4. The largest absolute Gasteiger partial charge is 0.306 e. The Labute approximate surface area is 134 Å². The molecule has 2 fully saturated rings. The summed E-state index contributed by atoms with van der Waals surface area (Å²) in [6.45, 7) is 1.72. The summed E-state index contributed by atoms with van der Waals surface area (Å²) in [4.78, 5) is 2.25. The molecule has 0 N–H and O–H groups in total. The monoisotopic (exact) mass is 321 g/mol. The lowest BCUT2D eigenvalue weighted by Crippen LogP contribution is -2.49. The number of sulfone groups is 1. The minimum Gasteiger partial charge on any atom is -0.306 e. The third-order valence-electron chi connectivity index (χ3n) is 5.63. The van der Waals surface area contributed by atoms with E-state index in [0.29, 0.717) is 0 Å². The van der Waals surface area contributed by atoms with Crippen LogP contribution >= 0.6 is 0 Å². The maximum absolute atomic E-state index is 13.6. The molecule has 1 saturated heterocycles. The van der Waals surface area contributed by atoms with Crippen molar-refractivity contribution in [3.05, 3.63) is 35.9 Å². The van der Waals surface area contributed by atoms with E-state index in [0.717, 1.165) is 57.2 Å². The molecule has 0 aromatic heterocycles. The first-order valence-corrected chi connectivity index (χ1v) is 10.1. The van der Waals surface area contributed by atoms with Crippen molar-refractivity contribution in [1.82, 2.24) is 4.90 Å². The average molecular weight is 321 g/mol. The van der Waals surface area contributed by atoms with Crippen molar-refractivity contribution in [3.8, 4) is 0 Å². The first kappa shape index (κ1) is 16.0. The van der Waals surface area contributed by atoms with Gasteiger partial charge in [0.15, 0.2) is 9.84 Å². The summed E-state index contributed by atoms with van der Waals surface area (Å²) in [5.41, 5.74) is 1.01. The van der Waals surface area contributed by atoms with Crippen molar-refractivity contribution in [1.29, 1.82) is 0 Å². The van der Waals surface area contributed by atoms with E-state index in [-0.39, 0.29) is 5.25 Å². The SMILES string of the molecule is CN1CCC(c2ccccc2)(S(=O)(=O)C2CCCCC2)CC1. The van der Waals surface area contributed by atoms with Crippen LogP contribution in [0.1, 0.15) is 50.5 Å². The highest BCUT2D eigenvalue weighted by atomic mass is 32.2. The molecule has 0 radical (unpaired) electrons. The molecule has 1 aromatic rings. The Morgan fingerprint density at radius 3 is 2.18 bits per heavy atom. The van der Waals surface area contributed by atoms with Crippen LogP contribution in [0, 0.1) is 0 Å². The molecule has 4 heteroatoms. The summed E-state index contributed by atoms with van der Waals surface area (Å²) in [6, 6.07) is 9.97. The van der Waals surface area contributed by atoms with Crippen LogP contribution in [0.2, 0.25) is 0 Å². The van der Waals surface area contributed by atoms with Gasteiger partial charge >= 0.3 is 0 Å². The second-order valence-corrected chi connectivity index (χ2v) is 9.51. The molecule has 1 saturated carbocycles. The predicted molar refractivity (Wildman–Crippen MR) is 90.6 cm³/mol. The molecule has 1 heterocycles. The van der Waals surface area contributed by atoms with Crippen LogP contribution in [-0.2, 0) is 14.6 Å². The fraction of sp³-hybridized carbons (Fsp3) is 0.667. The van der Waals surface area contributed by atoms with Crippen molar-refractivity contribution in [3.63, 3.8) is 0 Å². The van der Waals surface area contributed by atoms with Gasteiger partial charge in [-0.15, -0.1) is 0 Å². The molecule has 122 valence electrons. The van der Waals surface area contributed by atoms with Gasteiger partial charge in [0.1, 0.15) is 0 Å². The Balaban J connectivity index is 2.02. The Morgan fingerprint density at radius 1 is 1.00 bits per heavy atom. The molecule has 22 heavy (non-hydrogen) atoms. The smallest absolute Gasteiger partial charge is 0.163 e. The van der Waals surface area contributed by atoms with E-state index in [2.05, 4.69) is 11.9 Å². The molecular formula is C18H27NO2S. The molecule has 1 aliphatic carbocycles. The summed E-state index contributed by atoms with van der Waals surface area (Å²) in [5, 5.41) is -0.134. The molecule has 3 nitrogen and oxygen atoms in total. The van der Waals surface area contributed by atoms with Crippen molar-refractivity contribution in [2.24, 2.45) is 0 Å². The average Bonchev–Trinajstić information content (AvgIpc) is 2.57. The van der Waals surface area contributed by atoms with E-state index in [4.69, 9.17) is 0 Å². The van der Waals surface area contributed by atoms with Gasteiger partial charge in [-0.2, -0.15) is 0 Å².